The topological polar surface area (TPSA) is 62.2 Å². The van der Waals surface area contributed by atoms with Crippen molar-refractivity contribution in [1.82, 2.24) is 0 Å². The van der Waals surface area contributed by atoms with Crippen LogP contribution in [-0.2, 0) is 0 Å². The highest BCUT2D eigenvalue weighted by molar-refractivity contribution is 7.14. The van der Waals surface area contributed by atoms with Gasteiger partial charge in [-0.05, 0) is 23.6 Å². The van der Waals surface area contributed by atoms with E-state index in [-0.39, 0.29) is 12.4 Å². The largest absolute Gasteiger partial charge is 0.390 e. The zero-order valence-electron chi connectivity index (χ0n) is 9.43. The van der Waals surface area contributed by atoms with Crippen LogP contribution in [0.4, 0.5) is 9.39 Å². The minimum absolute atomic E-state index is 0.0288. The summed E-state index contributed by atoms with van der Waals surface area (Å²) in [5.74, 6) is -0.375. The lowest BCUT2D eigenvalue weighted by Crippen LogP contribution is -2.07. The molecule has 0 aliphatic rings. The number of benzene rings is 1. The zero-order valence-corrected chi connectivity index (χ0v) is 10.2. The predicted octanol–water partition coefficient (Wildman–Crippen LogP) is 2.83. The third-order valence-corrected chi connectivity index (χ3v) is 3.13. The van der Waals surface area contributed by atoms with Gasteiger partial charge in [0.1, 0.15) is 12.4 Å². The molecule has 0 fully saturated rings. The van der Waals surface area contributed by atoms with Crippen LogP contribution in [0.15, 0.2) is 40.7 Å². The van der Waals surface area contributed by atoms with Gasteiger partial charge in [0.15, 0.2) is 0 Å². The third kappa shape index (κ3) is 2.39. The van der Waals surface area contributed by atoms with E-state index in [0.717, 1.165) is 0 Å². The van der Waals surface area contributed by atoms with E-state index in [1.54, 1.807) is 24.3 Å². The van der Waals surface area contributed by atoms with Crippen LogP contribution in [0.1, 0.15) is 11.1 Å². The molecular formula is C13H10FN3S. The molecule has 1 aromatic heterocycles. The van der Waals surface area contributed by atoms with E-state index in [1.165, 1.54) is 17.4 Å². The Balaban J connectivity index is 2.55. The first-order chi connectivity index (χ1) is 8.74. The number of nitrogen functional groups attached to an aromatic ring is 1. The molecular weight excluding hydrogens is 249 g/mol. The van der Waals surface area contributed by atoms with Gasteiger partial charge < -0.3 is 5.73 Å². The van der Waals surface area contributed by atoms with Crippen LogP contribution in [0.5, 0.6) is 0 Å². The summed E-state index contributed by atoms with van der Waals surface area (Å²) in [6, 6.07) is 10.0. The van der Waals surface area contributed by atoms with Gasteiger partial charge in [-0.15, -0.1) is 11.3 Å². The Labute approximate surface area is 108 Å². The lowest BCUT2D eigenvalue weighted by atomic mass is 10.0. The molecule has 0 unspecified atom stereocenters. The summed E-state index contributed by atoms with van der Waals surface area (Å²) in [4.78, 5) is 4.12. The summed E-state index contributed by atoms with van der Waals surface area (Å²) in [5, 5.41) is 11.0. The quantitative estimate of drug-likeness (QED) is 0.680. The molecule has 5 heteroatoms. The summed E-state index contributed by atoms with van der Waals surface area (Å²) in [7, 11) is 0. The van der Waals surface area contributed by atoms with Crippen molar-refractivity contribution in [2.45, 2.75) is 0 Å². The van der Waals surface area contributed by atoms with E-state index in [2.05, 4.69) is 4.99 Å². The summed E-state index contributed by atoms with van der Waals surface area (Å²) in [6.07, 6.45) is 0. The highest BCUT2D eigenvalue weighted by atomic mass is 32.1. The number of nitrogens with zero attached hydrogens (tertiary/aromatic N) is 2. The van der Waals surface area contributed by atoms with E-state index >= 15 is 0 Å². The van der Waals surface area contributed by atoms with Gasteiger partial charge in [0.05, 0.1) is 16.8 Å². The molecule has 0 aliphatic carbocycles. The van der Waals surface area contributed by atoms with Crippen LogP contribution >= 0.6 is 11.3 Å². The van der Waals surface area contributed by atoms with Crippen LogP contribution in [0, 0.1) is 17.1 Å². The minimum atomic E-state index is -0.375. The number of hydrogen-bond acceptors (Lipinski definition) is 4. The van der Waals surface area contributed by atoms with Crippen LogP contribution < -0.4 is 5.73 Å². The Hall–Kier alpha value is -2.19. The Morgan fingerprint density at radius 2 is 2.11 bits per heavy atom. The van der Waals surface area contributed by atoms with E-state index in [1.807, 2.05) is 11.4 Å². The lowest BCUT2D eigenvalue weighted by molar-refractivity contribution is 0.625. The third-order valence-electron chi connectivity index (χ3n) is 2.39. The fourth-order valence-electron chi connectivity index (χ4n) is 1.60. The summed E-state index contributed by atoms with van der Waals surface area (Å²) >= 11 is 1.36. The van der Waals surface area contributed by atoms with Gasteiger partial charge >= 0.3 is 0 Å². The minimum Gasteiger partial charge on any atom is -0.390 e. The summed E-state index contributed by atoms with van der Waals surface area (Å²) in [6.45, 7) is -0.0288. The Morgan fingerprint density at radius 3 is 2.72 bits per heavy atom. The lowest BCUT2D eigenvalue weighted by Gasteiger charge is -2.07. The molecule has 0 saturated carbocycles. The smallest absolute Gasteiger partial charge is 0.132 e. The van der Waals surface area contributed by atoms with Crippen molar-refractivity contribution in [2.75, 3.05) is 12.3 Å². The van der Waals surface area contributed by atoms with E-state index in [4.69, 9.17) is 11.0 Å². The molecule has 0 aliphatic heterocycles. The number of anilines is 1. The molecule has 18 heavy (non-hydrogen) atoms. The van der Waals surface area contributed by atoms with Crippen molar-refractivity contribution in [3.05, 3.63) is 52.7 Å². The highest BCUT2D eigenvalue weighted by Gasteiger charge is 2.14. The molecule has 2 N–H and O–H groups in total. The fourth-order valence-corrected chi connectivity index (χ4v) is 2.24. The second-order valence-electron chi connectivity index (χ2n) is 3.50. The molecule has 2 aromatic rings. The molecule has 3 nitrogen and oxygen atoms in total. The second-order valence-corrected chi connectivity index (χ2v) is 4.45. The van der Waals surface area contributed by atoms with Gasteiger partial charge in [-0.3, -0.25) is 4.99 Å². The highest BCUT2D eigenvalue weighted by Crippen LogP contribution is 2.24. The number of nitrogens with two attached hydrogens (primary N) is 1. The van der Waals surface area contributed by atoms with Crippen molar-refractivity contribution in [3.8, 4) is 6.07 Å². The first-order valence-corrected chi connectivity index (χ1v) is 6.11. The molecule has 0 amide bonds. The molecule has 0 spiro atoms. The maximum Gasteiger partial charge on any atom is 0.132 e. The number of rotatable bonds is 3. The maximum absolute atomic E-state index is 13.8. The molecule has 1 aromatic carbocycles. The van der Waals surface area contributed by atoms with Crippen molar-refractivity contribution in [3.63, 3.8) is 0 Å². The average molecular weight is 259 g/mol. The number of thiophene rings is 1. The number of hydrogen-bond donors (Lipinski definition) is 1. The van der Waals surface area contributed by atoms with Gasteiger partial charge in [-0.2, -0.15) is 5.26 Å². The van der Waals surface area contributed by atoms with Crippen LogP contribution in [0.3, 0.4) is 0 Å². The van der Waals surface area contributed by atoms with E-state index in [0.29, 0.717) is 21.8 Å². The summed E-state index contributed by atoms with van der Waals surface area (Å²) < 4.78 is 13.8. The zero-order chi connectivity index (χ0) is 13.0. The average Bonchev–Trinajstić information content (AvgIpc) is 2.78. The molecule has 0 bridgehead atoms. The van der Waals surface area contributed by atoms with Gasteiger partial charge in [-0.1, -0.05) is 12.1 Å². The van der Waals surface area contributed by atoms with Crippen molar-refractivity contribution < 1.29 is 4.39 Å². The van der Waals surface area contributed by atoms with Crippen molar-refractivity contribution in [2.24, 2.45) is 4.99 Å². The van der Waals surface area contributed by atoms with Gasteiger partial charge in [0, 0.05) is 11.1 Å². The normalized spacial score (nSPS) is 11.2. The first kappa shape index (κ1) is 12.3. The van der Waals surface area contributed by atoms with Gasteiger partial charge in [0.2, 0.25) is 0 Å². The predicted molar refractivity (Wildman–Crippen MR) is 71.3 cm³/mol. The fraction of sp³-hybridized carbons (Fsp3) is 0.0769. The van der Waals surface area contributed by atoms with Crippen LogP contribution in [0.2, 0.25) is 0 Å². The molecule has 0 atom stereocenters. The summed E-state index contributed by atoms with van der Waals surface area (Å²) in [5.41, 5.74) is 7.28. The monoisotopic (exact) mass is 259 g/mol. The van der Waals surface area contributed by atoms with Crippen LogP contribution in [-0.4, -0.2) is 12.3 Å². The standard InChI is InChI=1S/C13H10FN3S/c14-11-4-2-1-3-9(11)12(17-7-6-15)10-5-8-18-13(10)16/h1-5,8H,7,16H2/b17-12-. The number of nitriles is 1. The molecule has 90 valence electrons. The van der Waals surface area contributed by atoms with Crippen molar-refractivity contribution in [1.29, 1.82) is 5.26 Å². The molecule has 0 saturated heterocycles. The van der Waals surface area contributed by atoms with Gasteiger partial charge in [0.25, 0.3) is 0 Å². The van der Waals surface area contributed by atoms with E-state index < -0.39 is 0 Å². The van der Waals surface area contributed by atoms with Crippen molar-refractivity contribution >= 4 is 22.0 Å². The molecule has 1 heterocycles. The SMILES string of the molecule is N#CC/N=C(/c1ccccc1F)c1ccsc1N. The van der Waals surface area contributed by atoms with Crippen LogP contribution in [0.25, 0.3) is 0 Å². The molecule has 0 radical (unpaired) electrons. The number of aliphatic imine (C=N–C) groups is 1. The first-order valence-electron chi connectivity index (χ1n) is 5.23. The van der Waals surface area contributed by atoms with E-state index in [9.17, 15) is 4.39 Å². The second kappa shape index (κ2) is 5.43. The Bertz CT molecular complexity index is 625. The Kier molecular flexibility index (Phi) is 3.70. The maximum atomic E-state index is 13.8. The number of halogens is 1. The Morgan fingerprint density at radius 1 is 1.33 bits per heavy atom. The molecule has 2 rings (SSSR count). The van der Waals surface area contributed by atoms with Gasteiger partial charge in [-0.25, -0.2) is 4.39 Å².